The molecular formula is C13H16N2O5. The number of rotatable bonds is 3. The minimum Gasteiger partial charge on any atom is -0.465 e. The first-order valence-electron chi connectivity index (χ1n) is 5.83. The maximum absolute atomic E-state index is 11.7. The third kappa shape index (κ3) is 4.04. The van der Waals surface area contributed by atoms with Crippen LogP contribution in [0.1, 0.15) is 31.1 Å². The van der Waals surface area contributed by atoms with Crippen LogP contribution in [-0.4, -0.2) is 24.8 Å². The van der Waals surface area contributed by atoms with E-state index in [1.807, 2.05) is 0 Å². The predicted octanol–water partition coefficient (Wildman–Crippen LogP) is 3.22. The van der Waals surface area contributed by atoms with Crippen LogP contribution < -0.4 is 5.32 Å². The van der Waals surface area contributed by atoms with Crippen LogP contribution in [0.15, 0.2) is 23.4 Å². The second kappa shape index (κ2) is 6.14. The van der Waals surface area contributed by atoms with E-state index in [1.54, 1.807) is 20.8 Å². The minimum atomic E-state index is -0.793. The van der Waals surface area contributed by atoms with Crippen molar-refractivity contribution < 1.29 is 19.1 Å². The molecule has 0 atom stereocenters. The van der Waals surface area contributed by atoms with Crippen LogP contribution in [0.2, 0.25) is 0 Å². The van der Waals surface area contributed by atoms with Gasteiger partial charge in [0.15, 0.2) is 0 Å². The Morgan fingerprint density at radius 1 is 1.25 bits per heavy atom. The molecule has 20 heavy (non-hydrogen) atoms. The Bertz CT molecular complexity index is 534. The number of benzene rings is 1. The van der Waals surface area contributed by atoms with Gasteiger partial charge >= 0.3 is 12.1 Å². The predicted molar refractivity (Wildman–Crippen MR) is 73.1 cm³/mol. The Labute approximate surface area is 116 Å². The number of methoxy groups -OCH3 is 1. The van der Waals surface area contributed by atoms with E-state index in [-0.39, 0.29) is 16.9 Å². The van der Waals surface area contributed by atoms with E-state index in [4.69, 9.17) is 4.74 Å². The van der Waals surface area contributed by atoms with Crippen molar-refractivity contribution in [3.8, 4) is 0 Å². The minimum absolute atomic E-state index is 0.0236. The standard InChI is InChI=1S/C13H16N2O5/c1-13(2,3)20-12(17)14-10-8(11(16)19-4)6-5-7-9(10)15-18/h5-7H,1-4H3,(H,14,17). The van der Waals surface area contributed by atoms with E-state index in [1.165, 1.54) is 25.3 Å². The van der Waals surface area contributed by atoms with Gasteiger partial charge in [0.2, 0.25) is 0 Å². The molecule has 108 valence electrons. The highest BCUT2D eigenvalue weighted by Crippen LogP contribution is 2.29. The summed E-state index contributed by atoms with van der Waals surface area (Å²) in [5, 5.41) is 5.12. The normalized spacial score (nSPS) is 10.6. The van der Waals surface area contributed by atoms with E-state index < -0.39 is 17.7 Å². The molecule has 7 heteroatoms. The molecular weight excluding hydrogens is 264 g/mol. The summed E-state index contributed by atoms with van der Waals surface area (Å²) in [5.41, 5.74) is -0.809. The van der Waals surface area contributed by atoms with Gasteiger partial charge in [-0.25, -0.2) is 9.59 Å². The Morgan fingerprint density at radius 3 is 2.40 bits per heavy atom. The van der Waals surface area contributed by atoms with Crippen molar-refractivity contribution in [3.05, 3.63) is 28.7 Å². The van der Waals surface area contributed by atoms with Crippen LogP contribution in [0, 0.1) is 4.91 Å². The number of nitrogens with one attached hydrogen (secondary N) is 1. The molecule has 1 rings (SSSR count). The molecule has 1 aromatic carbocycles. The van der Waals surface area contributed by atoms with Crippen molar-refractivity contribution >= 4 is 23.4 Å². The zero-order valence-corrected chi connectivity index (χ0v) is 11.7. The number of carbonyl (C=O) groups is 2. The van der Waals surface area contributed by atoms with Gasteiger partial charge in [-0.15, -0.1) is 4.91 Å². The molecule has 0 saturated heterocycles. The van der Waals surface area contributed by atoms with Gasteiger partial charge in [-0.3, -0.25) is 5.32 Å². The molecule has 0 heterocycles. The molecule has 0 fully saturated rings. The quantitative estimate of drug-likeness (QED) is 0.677. The maximum Gasteiger partial charge on any atom is 0.412 e. The summed E-state index contributed by atoms with van der Waals surface area (Å²) >= 11 is 0. The molecule has 1 aromatic rings. The summed E-state index contributed by atoms with van der Waals surface area (Å²) in [4.78, 5) is 34.1. The summed E-state index contributed by atoms with van der Waals surface area (Å²) in [6.07, 6.45) is -0.793. The van der Waals surface area contributed by atoms with Gasteiger partial charge in [0.1, 0.15) is 11.3 Å². The largest absolute Gasteiger partial charge is 0.465 e. The van der Waals surface area contributed by atoms with Gasteiger partial charge in [0.05, 0.1) is 18.4 Å². The fourth-order valence-electron chi connectivity index (χ4n) is 1.43. The molecule has 0 aliphatic heterocycles. The monoisotopic (exact) mass is 280 g/mol. The number of carbonyl (C=O) groups excluding carboxylic acids is 2. The van der Waals surface area contributed by atoms with Crippen LogP contribution in [0.5, 0.6) is 0 Å². The first-order chi connectivity index (χ1) is 9.28. The van der Waals surface area contributed by atoms with Crippen LogP contribution >= 0.6 is 0 Å². The summed E-state index contributed by atoms with van der Waals surface area (Å²) in [7, 11) is 1.20. The number of ether oxygens (including phenoxy) is 2. The second-order valence-electron chi connectivity index (χ2n) is 4.91. The molecule has 0 aliphatic carbocycles. The van der Waals surface area contributed by atoms with Gasteiger partial charge in [-0.05, 0) is 38.1 Å². The smallest absolute Gasteiger partial charge is 0.412 e. The lowest BCUT2D eigenvalue weighted by atomic mass is 10.1. The first-order valence-corrected chi connectivity index (χ1v) is 5.83. The van der Waals surface area contributed by atoms with Crippen molar-refractivity contribution in [3.63, 3.8) is 0 Å². The Kier molecular flexibility index (Phi) is 4.79. The summed E-state index contributed by atoms with van der Waals surface area (Å²) in [5.74, 6) is -0.693. The van der Waals surface area contributed by atoms with Crippen molar-refractivity contribution in [1.82, 2.24) is 0 Å². The first kappa shape index (κ1) is 15.6. The number of hydrogen-bond acceptors (Lipinski definition) is 6. The summed E-state index contributed by atoms with van der Waals surface area (Å²) in [6.45, 7) is 5.08. The summed E-state index contributed by atoms with van der Waals surface area (Å²) < 4.78 is 9.65. The lowest BCUT2D eigenvalue weighted by Crippen LogP contribution is -2.27. The maximum atomic E-state index is 11.7. The number of nitrogens with zero attached hydrogens (tertiary/aromatic N) is 1. The Balaban J connectivity index is 3.12. The molecule has 0 aromatic heterocycles. The van der Waals surface area contributed by atoms with E-state index >= 15 is 0 Å². The van der Waals surface area contributed by atoms with Crippen LogP contribution in [0.25, 0.3) is 0 Å². The molecule has 0 saturated carbocycles. The average Bonchev–Trinajstić information content (AvgIpc) is 2.35. The lowest BCUT2D eigenvalue weighted by Gasteiger charge is -2.20. The topological polar surface area (TPSA) is 94.1 Å². The van der Waals surface area contributed by atoms with Crippen molar-refractivity contribution in [2.24, 2.45) is 5.18 Å². The zero-order chi connectivity index (χ0) is 15.3. The molecule has 7 nitrogen and oxygen atoms in total. The fourth-order valence-corrected chi connectivity index (χ4v) is 1.43. The Hall–Kier alpha value is -2.44. The number of hydrogen-bond donors (Lipinski definition) is 1. The molecule has 0 unspecified atom stereocenters. The van der Waals surface area contributed by atoms with Gasteiger partial charge in [-0.1, -0.05) is 6.07 Å². The fraction of sp³-hybridized carbons (Fsp3) is 0.385. The van der Waals surface area contributed by atoms with Gasteiger partial charge in [0, 0.05) is 0 Å². The zero-order valence-electron chi connectivity index (χ0n) is 11.7. The van der Waals surface area contributed by atoms with E-state index in [0.29, 0.717) is 0 Å². The highest BCUT2D eigenvalue weighted by Gasteiger charge is 2.21. The molecule has 0 spiro atoms. The highest BCUT2D eigenvalue weighted by atomic mass is 16.6. The van der Waals surface area contributed by atoms with Crippen LogP contribution in [0.4, 0.5) is 16.2 Å². The molecule has 0 aliphatic rings. The summed E-state index contributed by atoms with van der Waals surface area (Å²) in [6, 6.07) is 4.24. The van der Waals surface area contributed by atoms with Crippen LogP contribution in [-0.2, 0) is 9.47 Å². The van der Waals surface area contributed by atoms with Gasteiger partial charge < -0.3 is 9.47 Å². The van der Waals surface area contributed by atoms with Crippen molar-refractivity contribution in [2.75, 3.05) is 12.4 Å². The molecule has 1 amide bonds. The number of anilines is 1. The van der Waals surface area contributed by atoms with E-state index in [2.05, 4.69) is 15.2 Å². The Morgan fingerprint density at radius 2 is 1.90 bits per heavy atom. The van der Waals surface area contributed by atoms with Gasteiger partial charge in [0.25, 0.3) is 0 Å². The SMILES string of the molecule is COC(=O)c1cccc(N=O)c1NC(=O)OC(C)(C)C. The van der Waals surface area contributed by atoms with Crippen LogP contribution in [0.3, 0.4) is 0 Å². The number of nitroso groups, excluding NO2 is 1. The molecule has 0 bridgehead atoms. The second-order valence-corrected chi connectivity index (χ2v) is 4.91. The van der Waals surface area contributed by atoms with E-state index in [9.17, 15) is 14.5 Å². The molecule has 1 N–H and O–H groups in total. The highest BCUT2D eigenvalue weighted by molar-refractivity contribution is 6.03. The third-order valence-electron chi connectivity index (χ3n) is 2.17. The number of para-hydroxylation sites is 1. The third-order valence-corrected chi connectivity index (χ3v) is 2.17. The average molecular weight is 280 g/mol. The number of esters is 1. The lowest BCUT2D eigenvalue weighted by molar-refractivity contribution is 0.0602. The van der Waals surface area contributed by atoms with Crippen molar-refractivity contribution in [2.45, 2.75) is 26.4 Å². The van der Waals surface area contributed by atoms with Crippen molar-refractivity contribution in [1.29, 1.82) is 0 Å². The van der Waals surface area contributed by atoms with Gasteiger partial charge in [-0.2, -0.15) is 0 Å². The molecule has 0 radical (unpaired) electrons. The van der Waals surface area contributed by atoms with E-state index in [0.717, 1.165) is 0 Å². The number of amides is 1.